The number of carbonyl (C=O) groups is 1. The molecule has 2 saturated heterocycles. The van der Waals surface area contributed by atoms with Crippen LogP contribution in [0.2, 0.25) is 10.0 Å². The fourth-order valence-electron chi connectivity index (χ4n) is 7.99. The van der Waals surface area contributed by atoms with Crippen molar-refractivity contribution >= 4 is 52.9 Å². The Kier molecular flexibility index (Phi) is 14.9. The van der Waals surface area contributed by atoms with Gasteiger partial charge in [-0.3, -0.25) is 14.4 Å². The Morgan fingerprint density at radius 1 is 0.678 bits per heavy atom. The van der Waals surface area contributed by atoms with Crippen molar-refractivity contribution in [3.05, 3.63) is 91.7 Å². The van der Waals surface area contributed by atoms with Crippen LogP contribution in [0.4, 0.5) is 11.4 Å². The summed E-state index contributed by atoms with van der Waals surface area (Å²) in [6.45, 7) is 11.7. The zero-order chi connectivity index (χ0) is 40.8. The summed E-state index contributed by atoms with van der Waals surface area (Å²) < 4.78 is 15.2. The summed E-state index contributed by atoms with van der Waals surface area (Å²) in [7, 11) is 0. The van der Waals surface area contributed by atoms with Gasteiger partial charge in [0.25, 0.3) is 0 Å². The molecule has 4 aliphatic rings. The first-order chi connectivity index (χ1) is 28.0. The van der Waals surface area contributed by atoms with Gasteiger partial charge in [0.15, 0.2) is 0 Å². The Morgan fingerprint density at radius 3 is 1.51 bits per heavy atom. The van der Waals surface area contributed by atoms with Crippen molar-refractivity contribution in [1.82, 2.24) is 29.8 Å². The van der Waals surface area contributed by atoms with E-state index >= 15 is 0 Å². The number of piperazine rings is 2. The van der Waals surface area contributed by atoms with Crippen LogP contribution < -0.4 is 35.7 Å². The van der Waals surface area contributed by atoms with Gasteiger partial charge in [0.2, 0.25) is 17.4 Å². The molecular formula is C43H55Cl3N8O5. The van der Waals surface area contributed by atoms with E-state index in [0.29, 0.717) is 64.8 Å². The van der Waals surface area contributed by atoms with Crippen LogP contribution in [0.3, 0.4) is 0 Å². The number of rotatable bonds is 8. The second kappa shape index (κ2) is 19.8. The van der Waals surface area contributed by atoms with Crippen molar-refractivity contribution < 1.29 is 14.3 Å². The highest BCUT2D eigenvalue weighted by Gasteiger charge is 2.32. The summed E-state index contributed by atoms with van der Waals surface area (Å²) in [4.78, 5) is 45.5. The smallest absolute Gasteiger partial charge is 0.316 e. The van der Waals surface area contributed by atoms with Gasteiger partial charge >= 0.3 is 11.1 Å². The minimum Gasteiger partial charge on any atom is -0.483 e. The quantitative estimate of drug-likeness (QED) is 0.199. The zero-order valence-corrected chi connectivity index (χ0v) is 36.4. The lowest BCUT2D eigenvalue weighted by atomic mass is 9.94. The Morgan fingerprint density at radius 2 is 1.10 bits per heavy atom. The van der Waals surface area contributed by atoms with E-state index in [1.165, 1.54) is 9.36 Å². The first-order valence-corrected chi connectivity index (χ1v) is 21.3. The van der Waals surface area contributed by atoms with Crippen molar-refractivity contribution in [2.75, 3.05) is 62.2 Å². The largest absolute Gasteiger partial charge is 0.483 e. The van der Waals surface area contributed by atoms with E-state index in [9.17, 15) is 14.4 Å². The first-order valence-electron chi connectivity index (χ1n) is 20.6. The van der Waals surface area contributed by atoms with E-state index < -0.39 is 5.41 Å². The maximum atomic E-state index is 13.5. The van der Waals surface area contributed by atoms with Gasteiger partial charge in [-0.2, -0.15) is 19.6 Å². The van der Waals surface area contributed by atoms with Crippen molar-refractivity contribution in [2.45, 2.75) is 84.3 Å². The van der Waals surface area contributed by atoms with Gasteiger partial charge in [-0.1, -0.05) is 56.1 Å². The number of aromatic nitrogens is 4. The number of halogens is 3. The number of ether oxygens (including phenoxy) is 2. The maximum absolute atomic E-state index is 13.5. The fourth-order valence-corrected chi connectivity index (χ4v) is 8.36. The van der Waals surface area contributed by atoms with Crippen LogP contribution in [0.5, 0.6) is 11.5 Å². The van der Waals surface area contributed by atoms with Gasteiger partial charge in [-0.15, -0.1) is 12.4 Å². The number of nitrogens with one attached hydrogen (secondary N) is 1. The van der Waals surface area contributed by atoms with Gasteiger partial charge < -0.3 is 29.5 Å². The molecule has 13 nitrogen and oxygen atoms in total. The van der Waals surface area contributed by atoms with Crippen molar-refractivity contribution in [3.8, 4) is 22.9 Å². The molecule has 1 N–H and O–H groups in total. The van der Waals surface area contributed by atoms with Crippen LogP contribution in [0.25, 0.3) is 11.4 Å². The normalized spacial score (nSPS) is 17.6. The predicted molar refractivity (Wildman–Crippen MR) is 236 cm³/mol. The lowest BCUT2D eigenvalue weighted by Crippen LogP contribution is -2.52. The molecule has 1 amide bonds. The molecule has 0 atom stereocenters. The summed E-state index contributed by atoms with van der Waals surface area (Å²) in [6, 6.07) is 14.2. The topological polar surface area (TPSA) is 127 Å². The molecule has 0 unspecified atom stereocenters. The number of hydrogen-bond acceptors (Lipinski definition) is 10. The minimum atomic E-state index is -0.405. The van der Waals surface area contributed by atoms with Crippen molar-refractivity contribution in [3.63, 3.8) is 0 Å². The molecule has 318 valence electrons. The number of hydrogen-bond donors (Lipinski definition) is 1. The highest BCUT2D eigenvalue weighted by molar-refractivity contribution is 6.31. The van der Waals surface area contributed by atoms with Crippen LogP contribution in [0.1, 0.15) is 72.1 Å². The van der Waals surface area contributed by atoms with Gasteiger partial charge in [-0.25, -0.2) is 0 Å². The first kappa shape index (κ1) is 44.3. The molecule has 0 bridgehead atoms. The summed E-state index contributed by atoms with van der Waals surface area (Å²) in [5.74, 6) is 0.894. The highest BCUT2D eigenvalue weighted by atomic mass is 35.5. The number of anilines is 2. The van der Waals surface area contributed by atoms with Crippen molar-refractivity contribution in [1.29, 1.82) is 0 Å². The Balaban J connectivity index is 0.000000199. The molecule has 8 rings (SSSR count). The molecule has 2 aliphatic heterocycles. The second-order valence-corrected chi connectivity index (χ2v) is 17.3. The van der Waals surface area contributed by atoms with Crippen molar-refractivity contribution in [2.24, 2.45) is 5.41 Å². The van der Waals surface area contributed by atoms with Gasteiger partial charge in [0.05, 0.1) is 36.0 Å². The summed E-state index contributed by atoms with van der Waals surface area (Å²) in [6.07, 6.45) is 12.0. The monoisotopic (exact) mass is 868 g/mol. The van der Waals surface area contributed by atoms with Crippen LogP contribution >= 0.6 is 35.6 Å². The van der Waals surface area contributed by atoms with E-state index in [0.717, 1.165) is 83.2 Å². The molecular weight excluding hydrogens is 815 g/mol. The maximum Gasteiger partial charge on any atom is 0.316 e. The summed E-state index contributed by atoms with van der Waals surface area (Å²) in [5.41, 5.74) is 1.82. The number of benzene rings is 2. The minimum absolute atomic E-state index is 0. The lowest BCUT2D eigenvalue weighted by molar-refractivity contribution is -0.139. The average Bonchev–Trinajstić information content (AvgIpc) is 3.95. The summed E-state index contributed by atoms with van der Waals surface area (Å²) >= 11 is 12.2. The molecule has 2 saturated carbocycles. The molecule has 4 heterocycles. The second-order valence-electron chi connectivity index (χ2n) is 16.4. The van der Waals surface area contributed by atoms with Crippen LogP contribution in [0.15, 0.2) is 70.5 Å². The van der Waals surface area contributed by atoms with Crippen LogP contribution in [-0.4, -0.2) is 94.9 Å². The van der Waals surface area contributed by atoms with Gasteiger partial charge in [0.1, 0.15) is 11.4 Å². The fraction of sp³-hybridized carbons (Fsp3) is 0.512. The molecule has 2 aliphatic carbocycles. The average molecular weight is 870 g/mol. The molecule has 0 radical (unpaired) electrons. The Labute approximate surface area is 362 Å². The number of nitrogens with zero attached hydrogens (tertiary/aromatic N) is 7. The van der Waals surface area contributed by atoms with E-state index in [1.54, 1.807) is 48.8 Å². The van der Waals surface area contributed by atoms with Crippen LogP contribution in [0, 0.1) is 5.41 Å². The third-order valence-corrected chi connectivity index (χ3v) is 11.6. The van der Waals surface area contributed by atoms with Crippen LogP contribution in [-0.2, 0) is 4.79 Å². The van der Waals surface area contributed by atoms with E-state index in [4.69, 9.17) is 32.7 Å². The standard InChI is InChI=1S/C24H31ClN4O3.C19H23ClN4O2.ClH/c1-24(2,3)23(31)28-13-11-27(12-14-28)20-16-26-29(18-8-6-7-17(25)15-18)22(30)21(20)32-19-9-4-5-10-19;20-14-4-3-5-15(12-14)24-19(25)18(26-16-6-1-2-7-16)17(13-22-24)23-10-8-21-9-11-23;/h6-8,15-16,19H,4-5,9-14H2,1-3H3;3-5,12-13,16,21H,1-2,6-11H2;1H. The number of carbonyl (C=O) groups excluding carboxylic acids is 1. The van der Waals surface area contributed by atoms with E-state index in [1.807, 2.05) is 37.8 Å². The van der Waals surface area contributed by atoms with E-state index in [2.05, 4.69) is 25.3 Å². The van der Waals surface area contributed by atoms with E-state index in [-0.39, 0.29) is 41.6 Å². The molecule has 59 heavy (non-hydrogen) atoms. The third-order valence-electron chi connectivity index (χ3n) is 11.1. The SMILES string of the molecule is CC(C)(C)C(=O)N1CCN(c2cnn(-c3cccc(Cl)c3)c(=O)c2OC2CCCC2)CC1.Cl.O=c1c(OC2CCCC2)c(N2CCNCC2)cnn1-c1cccc(Cl)c1. The van der Waals surface area contributed by atoms with Gasteiger partial charge in [-0.05, 0) is 87.8 Å². The van der Waals surface area contributed by atoms with Gasteiger partial charge in [0, 0.05) is 67.8 Å². The lowest BCUT2D eigenvalue weighted by Gasteiger charge is -2.39. The molecule has 2 aromatic carbocycles. The predicted octanol–water partition coefficient (Wildman–Crippen LogP) is 6.94. The highest BCUT2D eigenvalue weighted by Crippen LogP contribution is 2.32. The third kappa shape index (κ3) is 10.7. The Hall–Kier alpha value is -4.30. The molecule has 0 spiro atoms. The number of amides is 1. The molecule has 2 aromatic heterocycles. The molecule has 16 heteroatoms. The Bertz CT molecular complexity index is 2170. The molecule has 4 aromatic rings. The summed E-state index contributed by atoms with van der Waals surface area (Å²) in [5, 5.41) is 13.3. The molecule has 4 fully saturated rings. The zero-order valence-electron chi connectivity index (χ0n) is 34.1.